The highest BCUT2D eigenvalue weighted by Crippen LogP contribution is 2.25. The van der Waals surface area contributed by atoms with Crippen molar-refractivity contribution in [3.8, 4) is 0 Å². The van der Waals surface area contributed by atoms with Crippen LogP contribution >= 0.6 is 0 Å². The topological polar surface area (TPSA) is 61.9 Å². The third-order valence-corrected chi connectivity index (χ3v) is 5.10. The molecule has 1 aromatic carbocycles. The highest BCUT2D eigenvalue weighted by atomic mass is 16.5. The maximum Gasteiger partial charge on any atom is 0.223 e. The van der Waals surface area contributed by atoms with Gasteiger partial charge in [-0.1, -0.05) is 6.92 Å². The van der Waals surface area contributed by atoms with Crippen LogP contribution < -0.4 is 15.1 Å². The maximum atomic E-state index is 12.0. The third kappa shape index (κ3) is 6.86. The van der Waals surface area contributed by atoms with Crippen LogP contribution in [-0.2, 0) is 14.3 Å². The molecule has 0 spiro atoms. The first-order chi connectivity index (χ1) is 13.0. The molecule has 1 aromatic rings. The number of ether oxygens (including phenoxy) is 1. The molecule has 2 amide bonds. The molecule has 0 bridgehead atoms. The van der Waals surface area contributed by atoms with Crippen LogP contribution in [0.3, 0.4) is 0 Å². The van der Waals surface area contributed by atoms with Crippen LogP contribution in [-0.4, -0.2) is 51.7 Å². The molecule has 1 aliphatic heterocycles. The lowest BCUT2D eigenvalue weighted by atomic mass is 9.99. The second-order valence-corrected chi connectivity index (χ2v) is 7.30. The largest absolute Gasteiger partial charge is 0.385 e. The fourth-order valence-electron chi connectivity index (χ4n) is 3.32. The number of amides is 2. The van der Waals surface area contributed by atoms with Crippen molar-refractivity contribution in [2.24, 2.45) is 5.92 Å². The minimum atomic E-state index is -0.0540. The Morgan fingerprint density at radius 2 is 1.89 bits per heavy atom. The van der Waals surface area contributed by atoms with Gasteiger partial charge in [-0.2, -0.15) is 0 Å². The average molecular weight is 376 g/mol. The zero-order valence-corrected chi connectivity index (χ0v) is 16.9. The van der Waals surface area contributed by atoms with Gasteiger partial charge in [0.05, 0.1) is 0 Å². The lowest BCUT2D eigenvalue weighted by Crippen LogP contribution is -2.34. The molecular formula is C21H33N3O3. The Kier molecular flexibility index (Phi) is 8.58. The third-order valence-electron chi connectivity index (χ3n) is 5.10. The molecule has 0 aliphatic carbocycles. The lowest BCUT2D eigenvalue weighted by molar-refractivity contribution is -0.121. The molecule has 0 aromatic heterocycles. The number of benzene rings is 1. The predicted molar refractivity (Wildman–Crippen MR) is 109 cm³/mol. The Balaban J connectivity index is 1.88. The number of anilines is 2. The number of carbonyl (C=O) groups excluding carboxylic acids is 2. The number of methoxy groups -OCH3 is 1. The number of piperidine rings is 1. The van der Waals surface area contributed by atoms with Gasteiger partial charge in [0.25, 0.3) is 0 Å². The van der Waals surface area contributed by atoms with Crippen LogP contribution in [0.5, 0.6) is 0 Å². The minimum absolute atomic E-state index is 0.0450. The van der Waals surface area contributed by atoms with Gasteiger partial charge in [0, 0.05) is 64.6 Å². The van der Waals surface area contributed by atoms with Gasteiger partial charge in [-0.15, -0.1) is 0 Å². The molecule has 150 valence electrons. The normalized spacial score (nSPS) is 14.9. The van der Waals surface area contributed by atoms with E-state index in [0.717, 1.165) is 31.1 Å². The van der Waals surface area contributed by atoms with Crippen LogP contribution in [0.2, 0.25) is 0 Å². The van der Waals surface area contributed by atoms with E-state index < -0.39 is 0 Å². The van der Waals surface area contributed by atoms with Gasteiger partial charge in [-0.3, -0.25) is 9.59 Å². The van der Waals surface area contributed by atoms with Crippen molar-refractivity contribution in [1.29, 1.82) is 0 Å². The van der Waals surface area contributed by atoms with Crippen LogP contribution in [0.15, 0.2) is 24.3 Å². The molecule has 1 saturated heterocycles. The summed E-state index contributed by atoms with van der Waals surface area (Å²) in [5.74, 6) is 0.701. The number of hydrogen-bond acceptors (Lipinski definition) is 4. The fraction of sp³-hybridized carbons (Fsp3) is 0.619. The second-order valence-electron chi connectivity index (χ2n) is 7.30. The molecule has 0 unspecified atom stereocenters. The summed E-state index contributed by atoms with van der Waals surface area (Å²) in [4.78, 5) is 28.1. The Morgan fingerprint density at radius 1 is 1.22 bits per heavy atom. The molecule has 2 rings (SSSR count). The Labute approximate surface area is 162 Å². The molecule has 6 heteroatoms. The molecular weight excluding hydrogens is 342 g/mol. The van der Waals surface area contributed by atoms with Crippen LogP contribution in [0.4, 0.5) is 11.4 Å². The van der Waals surface area contributed by atoms with Crippen molar-refractivity contribution in [2.75, 3.05) is 49.7 Å². The van der Waals surface area contributed by atoms with Gasteiger partial charge in [-0.05, 0) is 49.4 Å². The van der Waals surface area contributed by atoms with Gasteiger partial charge in [0.1, 0.15) is 0 Å². The summed E-state index contributed by atoms with van der Waals surface area (Å²) < 4.78 is 4.96. The molecule has 27 heavy (non-hydrogen) atoms. The van der Waals surface area contributed by atoms with E-state index in [2.05, 4.69) is 29.3 Å². The molecule has 1 fully saturated rings. The number of hydrogen-bond donors (Lipinski definition) is 1. The Hall–Kier alpha value is -2.08. The summed E-state index contributed by atoms with van der Waals surface area (Å²) in [7, 11) is 1.64. The van der Waals surface area contributed by atoms with Crippen molar-refractivity contribution in [1.82, 2.24) is 5.32 Å². The van der Waals surface area contributed by atoms with Crippen molar-refractivity contribution in [2.45, 2.75) is 39.5 Å². The van der Waals surface area contributed by atoms with Gasteiger partial charge in [-0.25, -0.2) is 0 Å². The SMILES string of the molecule is COCCCNC(=O)CCN(C(C)=O)c1ccc(N2CCC(C)CC2)cc1. The van der Waals surface area contributed by atoms with E-state index in [0.29, 0.717) is 26.1 Å². The minimum Gasteiger partial charge on any atom is -0.385 e. The molecule has 1 heterocycles. The first-order valence-electron chi connectivity index (χ1n) is 9.90. The van der Waals surface area contributed by atoms with Gasteiger partial charge >= 0.3 is 0 Å². The molecule has 0 radical (unpaired) electrons. The van der Waals surface area contributed by atoms with E-state index >= 15 is 0 Å². The van der Waals surface area contributed by atoms with E-state index in [9.17, 15) is 9.59 Å². The molecule has 1 aliphatic rings. The highest BCUT2D eigenvalue weighted by Gasteiger charge is 2.17. The summed E-state index contributed by atoms with van der Waals surface area (Å²) in [6.07, 6.45) is 3.52. The van der Waals surface area contributed by atoms with Gasteiger partial charge < -0.3 is 19.9 Å². The Bertz CT molecular complexity index is 595. The van der Waals surface area contributed by atoms with E-state index in [4.69, 9.17) is 4.74 Å². The summed E-state index contributed by atoms with van der Waals surface area (Å²) >= 11 is 0. The summed E-state index contributed by atoms with van der Waals surface area (Å²) in [5.41, 5.74) is 2.04. The zero-order valence-electron chi connectivity index (χ0n) is 16.9. The van der Waals surface area contributed by atoms with Gasteiger partial charge in [0.15, 0.2) is 0 Å². The number of nitrogens with one attached hydrogen (secondary N) is 1. The van der Waals surface area contributed by atoms with Crippen LogP contribution in [0, 0.1) is 5.92 Å². The monoisotopic (exact) mass is 375 g/mol. The molecule has 0 saturated carbocycles. The van der Waals surface area contributed by atoms with E-state index in [1.54, 1.807) is 12.0 Å². The number of rotatable bonds is 9. The fourth-order valence-corrected chi connectivity index (χ4v) is 3.32. The standard InChI is InChI=1S/C21H33N3O3/c1-17-9-13-23(14-10-17)19-5-7-20(8-6-19)24(18(2)25)15-11-21(26)22-12-4-16-27-3/h5-8,17H,4,9-16H2,1-3H3,(H,22,26). The summed E-state index contributed by atoms with van der Waals surface area (Å²) in [5, 5.41) is 2.86. The number of nitrogens with zero attached hydrogens (tertiary/aromatic N) is 2. The van der Waals surface area contributed by atoms with Crippen molar-refractivity contribution < 1.29 is 14.3 Å². The van der Waals surface area contributed by atoms with Crippen LogP contribution in [0.1, 0.15) is 39.5 Å². The molecule has 1 N–H and O–H groups in total. The van der Waals surface area contributed by atoms with Crippen molar-refractivity contribution in [3.05, 3.63) is 24.3 Å². The lowest BCUT2D eigenvalue weighted by Gasteiger charge is -2.32. The van der Waals surface area contributed by atoms with Crippen molar-refractivity contribution in [3.63, 3.8) is 0 Å². The average Bonchev–Trinajstić information content (AvgIpc) is 2.66. The highest BCUT2D eigenvalue weighted by molar-refractivity contribution is 5.92. The quantitative estimate of drug-likeness (QED) is 0.674. The zero-order chi connectivity index (χ0) is 19.6. The molecule has 0 atom stereocenters. The predicted octanol–water partition coefficient (Wildman–Crippen LogP) is 2.82. The van der Waals surface area contributed by atoms with Gasteiger partial charge in [0.2, 0.25) is 11.8 Å². The van der Waals surface area contributed by atoms with E-state index in [1.807, 2.05) is 12.1 Å². The second kappa shape index (κ2) is 10.9. The summed E-state index contributed by atoms with van der Waals surface area (Å²) in [6, 6.07) is 8.11. The van der Waals surface area contributed by atoms with Crippen LogP contribution in [0.25, 0.3) is 0 Å². The van der Waals surface area contributed by atoms with E-state index in [-0.39, 0.29) is 11.8 Å². The number of carbonyl (C=O) groups is 2. The summed E-state index contributed by atoms with van der Waals surface area (Å²) in [6.45, 7) is 7.61. The van der Waals surface area contributed by atoms with Crippen molar-refractivity contribution >= 4 is 23.2 Å². The maximum absolute atomic E-state index is 12.0. The molecule has 6 nitrogen and oxygen atoms in total. The smallest absolute Gasteiger partial charge is 0.223 e. The first kappa shape index (κ1) is 21.2. The van der Waals surface area contributed by atoms with E-state index in [1.165, 1.54) is 25.5 Å². The Morgan fingerprint density at radius 3 is 2.48 bits per heavy atom. The first-order valence-corrected chi connectivity index (χ1v) is 9.90.